The minimum Gasteiger partial charge on any atom is -0.381 e. The first-order valence-corrected chi connectivity index (χ1v) is 7.84. The Balaban J connectivity index is 0.000000188. The van der Waals surface area contributed by atoms with E-state index in [2.05, 4.69) is 41.7 Å². The van der Waals surface area contributed by atoms with Crippen molar-refractivity contribution >= 4 is 17.3 Å². The first kappa shape index (κ1) is 16.1. The molecule has 0 bridgehead atoms. The van der Waals surface area contributed by atoms with Gasteiger partial charge in [-0.3, -0.25) is 0 Å². The van der Waals surface area contributed by atoms with Gasteiger partial charge < -0.3 is 5.32 Å². The molecule has 0 aromatic heterocycles. The summed E-state index contributed by atoms with van der Waals surface area (Å²) < 4.78 is 0. The fourth-order valence-electron chi connectivity index (χ4n) is 1.92. The molecule has 1 nitrogen and oxygen atoms in total. The monoisotopic (exact) mass is 309 g/mol. The van der Waals surface area contributed by atoms with Crippen LogP contribution in [0.25, 0.3) is 0 Å². The van der Waals surface area contributed by atoms with Crippen LogP contribution in [-0.4, -0.2) is 0 Å². The molecule has 0 amide bonds. The predicted molar refractivity (Wildman–Crippen MR) is 96.2 cm³/mol. The molecule has 0 aliphatic heterocycles. The summed E-state index contributed by atoms with van der Waals surface area (Å²) in [6.07, 6.45) is 0. The Morgan fingerprint density at radius 3 is 1.50 bits per heavy atom. The van der Waals surface area contributed by atoms with Crippen LogP contribution in [0.1, 0.15) is 11.1 Å². The summed E-state index contributed by atoms with van der Waals surface area (Å²) in [7, 11) is 0. The Bertz CT molecular complexity index is 584. The van der Waals surface area contributed by atoms with Gasteiger partial charge in [0.25, 0.3) is 0 Å². The van der Waals surface area contributed by atoms with Crippen LogP contribution in [0.2, 0.25) is 0 Å². The Hall–Kier alpha value is -2.25. The number of nitrogens with one attached hydrogen (secondary N) is 1. The SMILES string of the molecule is ClCc1ccccc1.c1ccc(CNc2ccccc2)cc1. The zero-order valence-corrected chi connectivity index (χ0v) is 13.2. The summed E-state index contributed by atoms with van der Waals surface area (Å²) in [6, 6.07) is 30.6. The molecule has 0 fully saturated rings. The molecule has 0 radical (unpaired) electrons. The summed E-state index contributed by atoms with van der Waals surface area (Å²) >= 11 is 5.53. The third-order valence-electron chi connectivity index (χ3n) is 3.11. The zero-order chi connectivity index (χ0) is 15.5. The van der Waals surface area contributed by atoms with Gasteiger partial charge in [0, 0.05) is 18.1 Å². The first-order valence-electron chi connectivity index (χ1n) is 7.31. The average molecular weight is 310 g/mol. The van der Waals surface area contributed by atoms with Crippen LogP contribution in [0.5, 0.6) is 0 Å². The van der Waals surface area contributed by atoms with Gasteiger partial charge in [-0.05, 0) is 23.3 Å². The summed E-state index contributed by atoms with van der Waals surface area (Å²) in [4.78, 5) is 0. The molecule has 0 saturated heterocycles. The van der Waals surface area contributed by atoms with Crippen LogP contribution in [0.4, 0.5) is 5.69 Å². The van der Waals surface area contributed by atoms with Crippen LogP contribution in [0.3, 0.4) is 0 Å². The Morgan fingerprint density at radius 2 is 1.05 bits per heavy atom. The van der Waals surface area contributed by atoms with E-state index >= 15 is 0 Å². The first-order chi connectivity index (χ1) is 10.9. The molecule has 22 heavy (non-hydrogen) atoms. The highest BCUT2D eigenvalue weighted by molar-refractivity contribution is 6.17. The number of rotatable bonds is 4. The quantitative estimate of drug-likeness (QED) is 0.607. The van der Waals surface area contributed by atoms with E-state index in [-0.39, 0.29) is 0 Å². The number of halogens is 1. The average Bonchev–Trinajstić information content (AvgIpc) is 2.63. The zero-order valence-electron chi connectivity index (χ0n) is 12.5. The van der Waals surface area contributed by atoms with Crippen molar-refractivity contribution in [1.82, 2.24) is 0 Å². The second kappa shape index (κ2) is 9.64. The second-order valence-electron chi connectivity index (χ2n) is 4.82. The van der Waals surface area contributed by atoms with Crippen LogP contribution in [-0.2, 0) is 12.4 Å². The third-order valence-corrected chi connectivity index (χ3v) is 3.42. The molecule has 3 aromatic carbocycles. The van der Waals surface area contributed by atoms with Gasteiger partial charge in [0.1, 0.15) is 0 Å². The van der Waals surface area contributed by atoms with Crippen molar-refractivity contribution in [2.75, 3.05) is 5.32 Å². The lowest BCUT2D eigenvalue weighted by atomic mass is 10.2. The van der Waals surface area contributed by atoms with E-state index in [1.165, 1.54) is 11.1 Å². The van der Waals surface area contributed by atoms with Crippen LogP contribution >= 0.6 is 11.6 Å². The largest absolute Gasteiger partial charge is 0.381 e. The highest BCUT2D eigenvalue weighted by Gasteiger charge is 1.90. The molecule has 3 aromatic rings. The van der Waals surface area contributed by atoms with Crippen molar-refractivity contribution in [2.24, 2.45) is 0 Å². The van der Waals surface area contributed by atoms with Crippen molar-refractivity contribution in [3.8, 4) is 0 Å². The van der Waals surface area contributed by atoms with Gasteiger partial charge in [-0.25, -0.2) is 0 Å². The fraction of sp³-hybridized carbons (Fsp3) is 0.100. The summed E-state index contributed by atoms with van der Waals surface area (Å²) in [5, 5.41) is 3.36. The molecule has 0 aliphatic rings. The molecule has 2 heteroatoms. The summed E-state index contributed by atoms with van der Waals surface area (Å²) in [6.45, 7) is 0.880. The summed E-state index contributed by atoms with van der Waals surface area (Å²) in [5.41, 5.74) is 3.64. The van der Waals surface area contributed by atoms with Crippen molar-refractivity contribution in [3.63, 3.8) is 0 Å². The number of anilines is 1. The Labute approximate surface area is 137 Å². The molecule has 0 spiro atoms. The molecule has 0 saturated carbocycles. The fourth-order valence-corrected chi connectivity index (χ4v) is 2.10. The molecule has 112 valence electrons. The normalized spacial score (nSPS) is 9.50. The highest BCUT2D eigenvalue weighted by atomic mass is 35.5. The van der Waals surface area contributed by atoms with Gasteiger partial charge in [-0.15, -0.1) is 11.6 Å². The van der Waals surface area contributed by atoms with E-state index in [0.29, 0.717) is 5.88 Å². The number of benzene rings is 3. The lowest BCUT2D eigenvalue weighted by molar-refractivity contribution is 1.15. The van der Waals surface area contributed by atoms with Crippen LogP contribution in [0.15, 0.2) is 91.0 Å². The maximum Gasteiger partial charge on any atom is 0.0474 e. The van der Waals surface area contributed by atoms with E-state index in [1.54, 1.807) is 0 Å². The molecule has 0 heterocycles. The molecular weight excluding hydrogens is 290 g/mol. The Kier molecular flexibility index (Phi) is 7.07. The van der Waals surface area contributed by atoms with Crippen molar-refractivity contribution < 1.29 is 0 Å². The minimum atomic E-state index is 0.612. The van der Waals surface area contributed by atoms with Crippen LogP contribution < -0.4 is 5.32 Å². The number of para-hydroxylation sites is 1. The second-order valence-corrected chi connectivity index (χ2v) is 5.09. The summed E-state index contributed by atoms with van der Waals surface area (Å²) in [5.74, 6) is 0.612. The standard InChI is InChI=1S/C13H13N.C7H7Cl/c1-3-7-12(8-4-1)11-14-13-9-5-2-6-10-13;8-6-7-4-2-1-3-5-7/h1-10,14H,11H2;1-5H,6H2. The van der Waals surface area contributed by atoms with Gasteiger partial charge in [-0.1, -0.05) is 78.9 Å². The highest BCUT2D eigenvalue weighted by Crippen LogP contribution is 2.07. The van der Waals surface area contributed by atoms with Gasteiger partial charge in [0.2, 0.25) is 0 Å². The third kappa shape index (κ3) is 6.02. The molecule has 0 aliphatic carbocycles. The molecule has 0 atom stereocenters. The maximum absolute atomic E-state index is 5.53. The lowest BCUT2D eigenvalue weighted by Gasteiger charge is -2.05. The topological polar surface area (TPSA) is 12.0 Å². The lowest BCUT2D eigenvalue weighted by Crippen LogP contribution is -1.98. The van der Waals surface area contributed by atoms with Gasteiger partial charge in [-0.2, -0.15) is 0 Å². The smallest absolute Gasteiger partial charge is 0.0474 e. The van der Waals surface area contributed by atoms with Gasteiger partial charge in [0.15, 0.2) is 0 Å². The van der Waals surface area contributed by atoms with E-state index in [4.69, 9.17) is 11.6 Å². The van der Waals surface area contributed by atoms with E-state index in [1.807, 2.05) is 54.6 Å². The van der Waals surface area contributed by atoms with E-state index < -0.39 is 0 Å². The number of hydrogen-bond donors (Lipinski definition) is 1. The van der Waals surface area contributed by atoms with E-state index in [9.17, 15) is 0 Å². The van der Waals surface area contributed by atoms with Crippen molar-refractivity contribution in [3.05, 3.63) is 102 Å². The van der Waals surface area contributed by atoms with Gasteiger partial charge in [0.05, 0.1) is 0 Å². The maximum atomic E-state index is 5.53. The molecule has 1 N–H and O–H groups in total. The van der Waals surface area contributed by atoms with Crippen LogP contribution in [0, 0.1) is 0 Å². The predicted octanol–water partition coefficient (Wildman–Crippen LogP) is 5.72. The van der Waals surface area contributed by atoms with E-state index in [0.717, 1.165) is 12.2 Å². The van der Waals surface area contributed by atoms with Crippen molar-refractivity contribution in [1.29, 1.82) is 0 Å². The molecule has 0 unspecified atom stereocenters. The number of alkyl halides is 1. The molecule has 3 rings (SSSR count). The van der Waals surface area contributed by atoms with Crippen molar-refractivity contribution in [2.45, 2.75) is 12.4 Å². The Morgan fingerprint density at radius 1 is 0.591 bits per heavy atom. The number of hydrogen-bond acceptors (Lipinski definition) is 1. The minimum absolute atomic E-state index is 0.612. The van der Waals surface area contributed by atoms with Gasteiger partial charge >= 0.3 is 0 Å². The molecular formula is C20H20ClN.